The Hall–Kier alpha value is -3.47. The first kappa shape index (κ1) is 28.1. The fourth-order valence-corrected chi connectivity index (χ4v) is 5.74. The summed E-state index contributed by atoms with van der Waals surface area (Å²) < 4.78 is 38.3. The van der Waals surface area contributed by atoms with Gasteiger partial charge in [0.2, 0.25) is 0 Å². The number of carboxylic acids is 1. The minimum absolute atomic E-state index is 0.0667. The van der Waals surface area contributed by atoms with Crippen LogP contribution < -0.4 is 4.74 Å². The van der Waals surface area contributed by atoms with E-state index in [1.807, 2.05) is 18.2 Å². The lowest BCUT2D eigenvalue weighted by Gasteiger charge is -2.40. The molecule has 1 saturated heterocycles. The maximum Gasteiger partial charge on any atom is 0.387 e. The number of morpholine rings is 1. The number of aromatic carboxylic acids is 1. The van der Waals surface area contributed by atoms with Crippen LogP contribution in [0.2, 0.25) is 5.02 Å². The van der Waals surface area contributed by atoms with Crippen molar-refractivity contribution in [1.29, 1.82) is 0 Å². The normalized spacial score (nSPS) is 17.6. The van der Waals surface area contributed by atoms with E-state index in [2.05, 4.69) is 15.7 Å². The molecule has 212 valence electrons. The molecule has 8 nitrogen and oxygen atoms in total. The fraction of sp³-hybridized carbons (Fsp3) is 0.379. The van der Waals surface area contributed by atoms with Crippen LogP contribution in [0.25, 0.3) is 11.3 Å². The van der Waals surface area contributed by atoms with Crippen LogP contribution in [0.15, 0.2) is 42.5 Å². The van der Waals surface area contributed by atoms with Crippen LogP contribution in [-0.4, -0.2) is 76.9 Å². The molecule has 3 aromatic rings. The number of carbonyl (C=O) groups is 2. The zero-order valence-corrected chi connectivity index (χ0v) is 23.0. The summed E-state index contributed by atoms with van der Waals surface area (Å²) in [6.07, 6.45) is 0.634. The summed E-state index contributed by atoms with van der Waals surface area (Å²) in [4.78, 5) is 30.3. The van der Waals surface area contributed by atoms with Crippen molar-refractivity contribution in [2.45, 2.75) is 32.5 Å². The molecule has 11 heteroatoms. The Labute approximate surface area is 235 Å². The first-order chi connectivity index (χ1) is 19.1. The van der Waals surface area contributed by atoms with Crippen molar-refractivity contribution in [3.8, 4) is 17.0 Å². The number of carbonyl (C=O) groups excluding carboxylic acids is 1. The van der Waals surface area contributed by atoms with Gasteiger partial charge >= 0.3 is 12.6 Å². The zero-order chi connectivity index (χ0) is 28.6. The number of fused-ring (bicyclic) bond motifs is 1. The van der Waals surface area contributed by atoms with Crippen LogP contribution in [0.3, 0.4) is 0 Å². The third kappa shape index (κ3) is 5.56. The van der Waals surface area contributed by atoms with E-state index in [0.717, 1.165) is 24.2 Å². The van der Waals surface area contributed by atoms with Gasteiger partial charge in [-0.2, -0.15) is 8.78 Å². The standard InChI is InChI=1S/C29H30ClF2N3O5/c1-17-21(28(37)38)13-25(33(17)2)22-12-24(30)26(40-29(31)32)14-23(22)27(36)35-15-19-6-4-3-5-18(19)11-20(35)16-34-7-9-39-10-8-34/h3-6,12-14,20,29H,7-11,15-16H2,1-2H3,(H,37,38)/t20-/m0/s1. The third-order valence-corrected chi connectivity index (χ3v) is 8.04. The number of amides is 1. The molecule has 1 fully saturated rings. The molecule has 0 unspecified atom stereocenters. The Balaban J connectivity index is 1.61. The fourth-order valence-electron chi connectivity index (χ4n) is 5.53. The summed E-state index contributed by atoms with van der Waals surface area (Å²) in [6, 6.07) is 11.8. The Morgan fingerprint density at radius 1 is 1.12 bits per heavy atom. The number of alkyl halides is 2. The van der Waals surface area contributed by atoms with E-state index in [9.17, 15) is 23.5 Å². The number of rotatable bonds is 7. The monoisotopic (exact) mass is 573 g/mol. The predicted octanol–water partition coefficient (Wildman–Crippen LogP) is 4.85. The second kappa shape index (κ2) is 11.6. The number of hydrogen-bond donors (Lipinski definition) is 1. The average Bonchev–Trinajstić information content (AvgIpc) is 3.23. The van der Waals surface area contributed by atoms with Crippen molar-refractivity contribution in [3.05, 3.63) is 75.4 Å². The van der Waals surface area contributed by atoms with Crippen LogP contribution in [-0.2, 0) is 24.8 Å². The summed E-state index contributed by atoms with van der Waals surface area (Å²) >= 11 is 6.34. The van der Waals surface area contributed by atoms with Gasteiger partial charge in [-0.05, 0) is 42.7 Å². The molecule has 2 aliphatic rings. The molecule has 0 spiro atoms. The van der Waals surface area contributed by atoms with Gasteiger partial charge in [0.25, 0.3) is 5.91 Å². The summed E-state index contributed by atoms with van der Waals surface area (Å²) in [5.74, 6) is -1.82. The zero-order valence-electron chi connectivity index (χ0n) is 22.2. The molecule has 2 aliphatic heterocycles. The number of halogens is 3. The van der Waals surface area contributed by atoms with E-state index in [1.54, 1.807) is 23.4 Å². The number of aromatic nitrogens is 1. The maximum absolute atomic E-state index is 14.4. The van der Waals surface area contributed by atoms with Gasteiger partial charge in [-0.3, -0.25) is 9.69 Å². The van der Waals surface area contributed by atoms with Crippen molar-refractivity contribution in [2.24, 2.45) is 7.05 Å². The van der Waals surface area contributed by atoms with Gasteiger partial charge in [0.15, 0.2) is 0 Å². The third-order valence-electron chi connectivity index (χ3n) is 7.75. The van der Waals surface area contributed by atoms with E-state index >= 15 is 0 Å². The lowest BCUT2D eigenvalue weighted by Crippen LogP contribution is -2.52. The van der Waals surface area contributed by atoms with Crippen LogP contribution in [0.5, 0.6) is 5.75 Å². The molecule has 3 heterocycles. The number of hydrogen-bond acceptors (Lipinski definition) is 5. The van der Waals surface area contributed by atoms with Gasteiger partial charge in [0, 0.05) is 56.2 Å². The Bertz CT molecular complexity index is 1440. The van der Waals surface area contributed by atoms with Crippen LogP contribution >= 0.6 is 11.6 Å². The second-order valence-electron chi connectivity index (χ2n) is 10.1. The van der Waals surface area contributed by atoms with E-state index in [4.69, 9.17) is 16.3 Å². The van der Waals surface area contributed by atoms with Crippen LogP contribution in [0, 0.1) is 6.92 Å². The first-order valence-corrected chi connectivity index (χ1v) is 13.4. The van der Waals surface area contributed by atoms with E-state index in [-0.39, 0.29) is 33.8 Å². The van der Waals surface area contributed by atoms with Gasteiger partial charge < -0.3 is 24.0 Å². The van der Waals surface area contributed by atoms with Crippen molar-refractivity contribution in [1.82, 2.24) is 14.4 Å². The molecular weight excluding hydrogens is 544 g/mol. The number of ether oxygens (including phenoxy) is 2. The summed E-state index contributed by atoms with van der Waals surface area (Å²) in [7, 11) is 1.68. The quantitative estimate of drug-likeness (QED) is 0.435. The van der Waals surface area contributed by atoms with Crippen molar-refractivity contribution >= 4 is 23.5 Å². The van der Waals surface area contributed by atoms with Crippen molar-refractivity contribution in [2.75, 3.05) is 32.8 Å². The van der Waals surface area contributed by atoms with Crippen molar-refractivity contribution < 1.29 is 33.0 Å². The van der Waals surface area contributed by atoms with E-state index < -0.39 is 12.6 Å². The molecule has 0 bridgehead atoms. The van der Waals surface area contributed by atoms with Gasteiger partial charge in [-0.25, -0.2) is 4.79 Å². The number of nitrogens with zero attached hydrogens (tertiary/aromatic N) is 3. The minimum Gasteiger partial charge on any atom is -0.478 e. The number of benzene rings is 2. The van der Waals surface area contributed by atoms with Crippen molar-refractivity contribution in [3.63, 3.8) is 0 Å². The molecule has 0 saturated carbocycles. The molecule has 1 aromatic heterocycles. The smallest absolute Gasteiger partial charge is 0.387 e. The molecular formula is C29H30ClF2N3O5. The van der Waals surface area contributed by atoms with Gasteiger partial charge in [0.1, 0.15) is 5.75 Å². The molecule has 0 radical (unpaired) electrons. The first-order valence-electron chi connectivity index (χ1n) is 13.0. The predicted molar refractivity (Wildman–Crippen MR) is 145 cm³/mol. The van der Waals surface area contributed by atoms with Gasteiger partial charge in [0.05, 0.1) is 29.4 Å². The maximum atomic E-state index is 14.4. The molecule has 1 amide bonds. The van der Waals surface area contributed by atoms with Crippen LogP contribution in [0.4, 0.5) is 8.78 Å². The highest BCUT2D eigenvalue weighted by Gasteiger charge is 2.34. The molecule has 1 atom stereocenters. The molecule has 2 aromatic carbocycles. The summed E-state index contributed by atoms with van der Waals surface area (Å²) in [5, 5.41) is 9.57. The van der Waals surface area contributed by atoms with Crippen LogP contribution in [0.1, 0.15) is 37.5 Å². The summed E-state index contributed by atoms with van der Waals surface area (Å²) in [5.41, 5.74) is 3.57. The molecule has 40 heavy (non-hydrogen) atoms. The average molecular weight is 574 g/mol. The second-order valence-corrected chi connectivity index (χ2v) is 10.5. The van der Waals surface area contributed by atoms with Gasteiger partial charge in [-0.1, -0.05) is 35.9 Å². The topological polar surface area (TPSA) is 84.2 Å². The highest BCUT2D eigenvalue weighted by atomic mass is 35.5. The van der Waals surface area contributed by atoms with E-state index in [1.165, 1.54) is 18.2 Å². The summed E-state index contributed by atoms with van der Waals surface area (Å²) in [6.45, 7) is 2.21. The molecule has 0 aliphatic carbocycles. The Kier molecular flexibility index (Phi) is 8.11. The molecule has 5 rings (SSSR count). The highest BCUT2D eigenvalue weighted by Crippen LogP contribution is 2.38. The van der Waals surface area contributed by atoms with E-state index in [0.29, 0.717) is 49.7 Å². The van der Waals surface area contributed by atoms with Gasteiger partial charge in [-0.15, -0.1) is 0 Å². The Morgan fingerprint density at radius 2 is 1.82 bits per heavy atom. The highest BCUT2D eigenvalue weighted by molar-refractivity contribution is 6.32. The minimum atomic E-state index is -3.14. The number of carboxylic acid groups (broad SMARTS) is 1. The Morgan fingerprint density at radius 3 is 2.48 bits per heavy atom. The lowest BCUT2D eigenvalue weighted by molar-refractivity contribution is -0.0498. The lowest BCUT2D eigenvalue weighted by atomic mass is 9.92. The SMILES string of the molecule is Cc1c(C(=O)O)cc(-c2cc(Cl)c(OC(F)F)cc2C(=O)N2Cc3ccccc3C[C@H]2CN2CCOCC2)n1C. The molecule has 1 N–H and O–H groups in total. The largest absolute Gasteiger partial charge is 0.478 e.